The standard InChI is InChI=1S/C21H20F4N4O3S/c1-14(20-26-19(27-32-20)15-3-2-4-16(13-15)21(23,24)25)28-9-11-29(12-10-28)33(30,31)18-7-5-17(22)6-8-18/h2-8,13-14H,9-12H2,1H3. The van der Waals surface area contributed by atoms with Crippen LogP contribution in [0.2, 0.25) is 0 Å². The molecule has 0 N–H and O–H groups in total. The molecule has 2 heterocycles. The Bertz CT molecular complexity index is 1220. The first-order chi connectivity index (χ1) is 15.6. The molecule has 1 aliphatic heterocycles. The van der Waals surface area contributed by atoms with Crippen molar-refractivity contribution in [2.24, 2.45) is 0 Å². The van der Waals surface area contributed by atoms with Gasteiger partial charge in [-0.1, -0.05) is 17.3 Å². The maximum atomic E-state index is 13.1. The minimum atomic E-state index is -4.48. The number of halogens is 4. The van der Waals surface area contributed by atoms with Crippen LogP contribution in [-0.4, -0.2) is 53.9 Å². The number of benzene rings is 2. The fourth-order valence-corrected chi connectivity index (χ4v) is 5.02. The molecule has 12 heteroatoms. The lowest BCUT2D eigenvalue weighted by Crippen LogP contribution is -2.49. The fourth-order valence-electron chi connectivity index (χ4n) is 3.60. The lowest BCUT2D eigenvalue weighted by atomic mass is 10.1. The summed E-state index contributed by atoms with van der Waals surface area (Å²) in [5, 5.41) is 3.81. The van der Waals surface area contributed by atoms with Crippen molar-refractivity contribution in [2.75, 3.05) is 26.2 Å². The van der Waals surface area contributed by atoms with Crippen molar-refractivity contribution in [3.63, 3.8) is 0 Å². The molecule has 33 heavy (non-hydrogen) atoms. The van der Waals surface area contributed by atoms with Gasteiger partial charge >= 0.3 is 6.18 Å². The van der Waals surface area contributed by atoms with Crippen LogP contribution in [0.3, 0.4) is 0 Å². The van der Waals surface area contributed by atoms with E-state index in [1.807, 2.05) is 4.90 Å². The van der Waals surface area contributed by atoms with Crippen LogP contribution in [0.15, 0.2) is 57.9 Å². The first-order valence-corrected chi connectivity index (χ1v) is 11.5. The molecular weight excluding hydrogens is 464 g/mol. The normalized spacial score (nSPS) is 17.2. The summed E-state index contributed by atoms with van der Waals surface area (Å²) >= 11 is 0. The number of aromatic nitrogens is 2. The molecule has 1 aromatic heterocycles. The zero-order chi connectivity index (χ0) is 23.8. The van der Waals surface area contributed by atoms with Gasteiger partial charge in [-0.25, -0.2) is 12.8 Å². The molecule has 7 nitrogen and oxygen atoms in total. The van der Waals surface area contributed by atoms with E-state index in [0.29, 0.717) is 13.1 Å². The van der Waals surface area contributed by atoms with Crippen molar-refractivity contribution in [3.8, 4) is 11.4 Å². The second-order valence-electron chi connectivity index (χ2n) is 7.60. The van der Waals surface area contributed by atoms with Crippen molar-refractivity contribution in [1.82, 2.24) is 19.3 Å². The summed E-state index contributed by atoms with van der Waals surface area (Å²) in [6, 6.07) is 8.95. The molecule has 1 saturated heterocycles. The quantitative estimate of drug-likeness (QED) is 0.510. The van der Waals surface area contributed by atoms with Gasteiger partial charge in [-0.15, -0.1) is 0 Å². The van der Waals surface area contributed by atoms with E-state index in [-0.39, 0.29) is 41.3 Å². The molecule has 1 aliphatic rings. The van der Waals surface area contributed by atoms with Crippen molar-refractivity contribution < 1.29 is 30.5 Å². The molecule has 0 radical (unpaired) electrons. The Balaban J connectivity index is 1.43. The van der Waals surface area contributed by atoms with Gasteiger partial charge in [-0.2, -0.15) is 22.5 Å². The highest BCUT2D eigenvalue weighted by Crippen LogP contribution is 2.32. The first-order valence-electron chi connectivity index (χ1n) is 10.1. The Morgan fingerprint density at radius 1 is 1.03 bits per heavy atom. The summed E-state index contributed by atoms with van der Waals surface area (Å²) in [5.41, 5.74) is -0.625. The number of rotatable bonds is 5. The van der Waals surface area contributed by atoms with Crippen LogP contribution in [0.4, 0.5) is 17.6 Å². The summed E-state index contributed by atoms with van der Waals surface area (Å²) < 4.78 is 84.2. The van der Waals surface area contributed by atoms with Gasteiger partial charge in [-0.3, -0.25) is 4.90 Å². The van der Waals surface area contributed by atoms with Crippen LogP contribution >= 0.6 is 0 Å². The lowest BCUT2D eigenvalue weighted by Gasteiger charge is -2.36. The van der Waals surface area contributed by atoms with E-state index >= 15 is 0 Å². The SMILES string of the molecule is CC(c1nc(-c2cccc(C(F)(F)F)c2)no1)N1CCN(S(=O)(=O)c2ccc(F)cc2)CC1. The molecule has 176 valence electrons. The summed E-state index contributed by atoms with van der Waals surface area (Å²) in [4.78, 5) is 6.21. The van der Waals surface area contributed by atoms with E-state index in [0.717, 1.165) is 24.3 Å². The third-order valence-electron chi connectivity index (χ3n) is 5.52. The smallest absolute Gasteiger partial charge is 0.337 e. The zero-order valence-corrected chi connectivity index (χ0v) is 18.3. The Morgan fingerprint density at radius 2 is 1.70 bits per heavy atom. The van der Waals surface area contributed by atoms with Gasteiger partial charge in [0.25, 0.3) is 0 Å². The van der Waals surface area contributed by atoms with Crippen LogP contribution in [0.25, 0.3) is 11.4 Å². The second kappa shape index (κ2) is 8.84. The van der Waals surface area contributed by atoms with Gasteiger partial charge in [0.15, 0.2) is 0 Å². The lowest BCUT2D eigenvalue weighted by molar-refractivity contribution is -0.137. The summed E-state index contributed by atoms with van der Waals surface area (Å²) in [5.74, 6) is -0.255. The predicted molar refractivity (Wildman–Crippen MR) is 110 cm³/mol. The summed E-state index contributed by atoms with van der Waals surface area (Å²) in [6.45, 7) is 2.97. The number of sulfonamides is 1. The van der Waals surface area contributed by atoms with Crippen LogP contribution in [0.5, 0.6) is 0 Å². The van der Waals surface area contributed by atoms with Crippen LogP contribution in [0.1, 0.15) is 24.4 Å². The van der Waals surface area contributed by atoms with Crippen molar-refractivity contribution in [1.29, 1.82) is 0 Å². The second-order valence-corrected chi connectivity index (χ2v) is 9.54. The summed E-state index contributed by atoms with van der Waals surface area (Å²) in [7, 11) is -3.74. The van der Waals surface area contributed by atoms with Gasteiger partial charge in [-0.05, 0) is 43.3 Å². The van der Waals surface area contributed by atoms with E-state index in [2.05, 4.69) is 10.1 Å². The third kappa shape index (κ3) is 4.92. The third-order valence-corrected chi connectivity index (χ3v) is 7.43. The summed E-state index contributed by atoms with van der Waals surface area (Å²) in [6.07, 6.45) is -4.48. The molecule has 1 fully saturated rings. The molecule has 1 unspecified atom stereocenters. The van der Waals surface area contributed by atoms with Crippen molar-refractivity contribution >= 4 is 10.0 Å². The molecule has 0 amide bonds. The highest BCUT2D eigenvalue weighted by Gasteiger charge is 2.33. The molecule has 0 saturated carbocycles. The topological polar surface area (TPSA) is 79.5 Å². The highest BCUT2D eigenvalue weighted by atomic mass is 32.2. The van der Waals surface area contributed by atoms with E-state index < -0.39 is 27.6 Å². The highest BCUT2D eigenvalue weighted by molar-refractivity contribution is 7.89. The number of alkyl halides is 3. The molecule has 0 bridgehead atoms. The minimum Gasteiger partial charge on any atom is -0.337 e. The number of hydrogen-bond acceptors (Lipinski definition) is 6. The van der Waals surface area contributed by atoms with Crippen molar-refractivity contribution in [3.05, 3.63) is 65.8 Å². The van der Waals surface area contributed by atoms with E-state index in [1.54, 1.807) is 6.92 Å². The van der Waals surface area contributed by atoms with Crippen LogP contribution in [-0.2, 0) is 16.2 Å². The molecular formula is C21H20F4N4O3S. The maximum Gasteiger partial charge on any atom is 0.416 e. The van der Waals surface area contributed by atoms with Crippen LogP contribution in [0, 0.1) is 5.82 Å². The molecule has 4 rings (SSSR count). The molecule has 0 aliphatic carbocycles. The largest absolute Gasteiger partial charge is 0.416 e. The Labute approximate surface area is 187 Å². The van der Waals surface area contributed by atoms with E-state index in [4.69, 9.17) is 4.52 Å². The van der Waals surface area contributed by atoms with Gasteiger partial charge in [0.2, 0.25) is 21.7 Å². The van der Waals surface area contributed by atoms with Gasteiger partial charge < -0.3 is 4.52 Å². The average Bonchev–Trinajstić information content (AvgIpc) is 3.29. The fraction of sp³-hybridized carbons (Fsp3) is 0.333. The molecule has 3 aromatic rings. The maximum absolute atomic E-state index is 13.1. The van der Waals surface area contributed by atoms with Gasteiger partial charge in [0.05, 0.1) is 16.5 Å². The number of hydrogen-bond donors (Lipinski definition) is 0. The Morgan fingerprint density at radius 3 is 2.33 bits per heavy atom. The monoisotopic (exact) mass is 484 g/mol. The first kappa shape index (κ1) is 23.3. The Kier molecular flexibility index (Phi) is 6.25. The number of piperazine rings is 1. The van der Waals surface area contributed by atoms with Gasteiger partial charge in [0.1, 0.15) is 5.82 Å². The zero-order valence-electron chi connectivity index (χ0n) is 17.5. The molecule has 0 spiro atoms. The van der Waals surface area contributed by atoms with Crippen molar-refractivity contribution in [2.45, 2.75) is 24.0 Å². The molecule has 2 aromatic carbocycles. The molecule has 1 atom stereocenters. The Hall–Kier alpha value is -2.83. The minimum absolute atomic E-state index is 0.0213. The van der Waals surface area contributed by atoms with E-state index in [9.17, 15) is 26.0 Å². The van der Waals surface area contributed by atoms with E-state index in [1.165, 1.54) is 28.6 Å². The van der Waals surface area contributed by atoms with Crippen LogP contribution < -0.4 is 0 Å². The predicted octanol–water partition coefficient (Wildman–Crippen LogP) is 3.96. The van der Waals surface area contributed by atoms with Gasteiger partial charge in [0, 0.05) is 31.7 Å². The number of nitrogens with zero attached hydrogens (tertiary/aromatic N) is 4. The average molecular weight is 484 g/mol.